The first-order chi connectivity index (χ1) is 14.3. The van der Waals surface area contributed by atoms with Gasteiger partial charge in [-0.1, -0.05) is 72.8 Å². The molecule has 1 fully saturated rings. The maximum Gasteiger partial charge on any atom is 0.254 e. The molecule has 148 valence electrons. The summed E-state index contributed by atoms with van der Waals surface area (Å²) in [6.07, 6.45) is 0.854. The molecule has 2 nitrogen and oxygen atoms in total. The Balaban J connectivity index is 1.49. The highest BCUT2D eigenvalue weighted by molar-refractivity contribution is 8.19. The van der Waals surface area contributed by atoms with E-state index in [-0.39, 0.29) is 5.91 Å². The summed E-state index contributed by atoms with van der Waals surface area (Å²) in [5, 5.41) is 0. The van der Waals surface area contributed by atoms with Crippen molar-refractivity contribution < 1.29 is 4.79 Å². The van der Waals surface area contributed by atoms with Crippen molar-refractivity contribution in [1.29, 1.82) is 0 Å². The second-order valence-corrected chi connectivity index (χ2v) is 9.87. The van der Waals surface area contributed by atoms with Gasteiger partial charge in [-0.15, -0.1) is 23.5 Å². The third-order valence-electron chi connectivity index (χ3n) is 5.07. The van der Waals surface area contributed by atoms with E-state index in [4.69, 9.17) is 0 Å². The Hall–Kier alpha value is -2.17. The zero-order valence-electron chi connectivity index (χ0n) is 16.4. The third-order valence-corrected chi connectivity index (χ3v) is 8.17. The number of hydrogen-bond acceptors (Lipinski definition) is 3. The van der Waals surface area contributed by atoms with Gasteiger partial charge in [0.25, 0.3) is 5.91 Å². The fourth-order valence-electron chi connectivity index (χ4n) is 3.48. The van der Waals surface area contributed by atoms with Crippen LogP contribution in [0.15, 0.2) is 84.9 Å². The van der Waals surface area contributed by atoms with Gasteiger partial charge in [0.05, 0.1) is 4.58 Å². The molecule has 0 atom stereocenters. The summed E-state index contributed by atoms with van der Waals surface area (Å²) >= 11 is 3.98. The Labute approximate surface area is 181 Å². The van der Waals surface area contributed by atoms with Crippen molar-refractivity contribution in [2.24, 2.45) is 0 Å². The Morgan fingerprint density at radius 3 is 2.00 bits per heavy atom. The molecule has 4 heteroatoms. The summed E-state index contributed by atoms with van der Waals surface area (Å²) < 4.78 is 0.512. The fraction of sp³-hybridized carbons (Fsp3) is 0.240. The Morgan fingerprint density at radius 1 is 0.793 bits per heavy atom. The van der Waals surface area contributed by atoms with Gasteiger partial charge in [-0.2, -0.15) is 0 Å². The topological polar surface area (TPSA) is 20.3 Å². The van der Waals surface area contributed by atoms with E-state index in [0.717, 1.165) is 17.5 Å². The van der Waals surface area contributed by atoms with Crippen LogP contribution in [0, 0.1) is 0 Å². The Bertz CT molecular complexity index is 907. The molecule has 0 N–H and O–H groups in total. The van der Waals surface area contributed by atoms with Crippen LogP contribution >= 0.6 is 23.5 Å². The minimum atomic E-state index is 0.100. The predicted octanol–water partition coefficient (Wildman–Crippen LogP) is 6.05. The van der Waals surface area contributed by atoms with Gasteiger partial charge >= 0.3 is 0 Å². The molecule has 1 aliphatic heterocycles. The smallest absolute Gasteiger partial charge is 0.254 e. The molecule has 0 saturated carbocycles. The van der Waals surface area contributed by atoms with Crippen LogP contribution in [0.1, 0.15) is 31.6 Å². The van der Waals surface area contributed by atoms with Gasteiger partial charge in [-0.25, -0.2) is 0 Å². The summed E-state index contributed by atoms with van der Waals surface area (Å²) in [7, 11) is 0. The zero-order chi connectivity index (χ0) is 19.9. The molecule has 1 heterocycles. The predicted molar refractivity (Wildman–Crippen MR) is 125 cm³/mol. The molecular formula is C25H25NOS2. The summed E-state index contributed by atoms with van der Waals surface area (Å²) in [6.45, 7) is 1.33. The lowest BCUT2D eigenvalue weighted by molar-refractivity contribution is 0.0745. The van der Waals surface area contributed by atoms with E-state index in [9.17, 15) is 4.79 Å². The molecular weight excluding hydrogens is 394 g/mol. The molecule has 0 aromatic heterocycles. The van der Waals surface area contributed by atoms with Gasteiger partial charge in [-0.3, -0.25) is 4.79 Å². The highest BCUT2D eigenvalue weighted by Crippen LogP contribution is 2.45. The van der Waals surface area contributed by atoms with E-state index >= 15 is 0 Å². The van der Waals surface area contributed by atoms with Gasteiger partial charge in [0.1, 0.15) is 0 Å². The van der Waals surface area contributed by atoms with Crippen LogP contribution in [-0.4, -0.2) is 28.9 Å². The molecule has 0 radical (unpaired) electrons. The second-order valence-electron chi connectivity index (χ2n) is 7.14. The maximum absolute atomic E-state index is 13.3. The van der Waals surface area contributed by atoms with E-state index in [1.807, 2.05) is 64.8 Å². The molecule has 1 amide bonds. The monoisotopic (exact) mass is 419 g/mol. The van der Waals surface area contributed by atoms with E-state index < -0.39 is 0 Å². The van der Waals surface area contributed by atoms with E-state index in [2.05, 4.69) is 48.5 Å². The molecule has 3 aromatic rings. The summed E-state index contributed by atoms with van der Waals surface area (Å²) in [5.41, 5.74) is 4.49. The van der Waals surface area contributed by atoms with Crippen molar-refractivity contribution in [3.8, 4) is 0 Å². The molecule has 0 bridgehead atoms. The van der Waals surface area contributed by atoms with Gasteiger partial charge in [0, 0.05) is 30.2 Å². The quantitative estimate of drug-likeness (QED) is 0.465. The third kappa shape index (κ3) is 5.46. The van der Waals surface area contributed by atoms with Crippen LogP contribution < -0.4 is 0 Å². The molecule has 1 aliphatic rings. The van der Waals surface area contributed by atoms with Gasteiger partial charge in [0.2, 0.25) is 0 Å². The minimum Gasteiger partial charge on any atom is -0.334 e. The highest BCUT2D eigenvalue weighted by atomic mass is 32.2. The Kier molecular flexibility index (Phi) is 6.96. The number of hydrogen-bond donors (Lipinski definition) is 0. The van der Waals surface area contributed by atoms with E-state index in [0.29, 0.717) is 17.7 Å². The molecule has 0 unspecified atom stereocenters. The number of nitrogens with zero attached hydrogens (tertiary/aromatic N) is 1. The normalized spacial score (nSPS) is 14.1. The first-order valence-electron chi connectivity index (χ1n) is 10.00. The van der Waals surface area contributed by atoms with Crippen molar-refractivity contribution in [3.63, 3.8) is 0 Å². The van der Waals surface area contributed by atoms with Gasteiger partial charge in [-0.05, 0) is 35.2 Å². The zero-order valence-corrected chi connectivity index (χ0v) is 18.0. The van der Waals surface area contributed by atoms with Gasteiger partial charge in [0.15, 0.2) is 0 Å². The summed E-state index contributed by atoms with van der Waals surface area (Å²) in [6, 6.07) is 28.9. The fourth-order valence-corrected chi connectivity index (χ4v) is 6.34. The molecule has 0 spiro atoms. The van der Waals surface area contributed by atoms with E-state index in [1.165, 1.54) is 22.6 Å². The average molecular weight is 420 g/mol. The first kappa shape index (κ1) is 20.1. The van der Waals surface area contributed by atoms with Crippen molar-refractivity contribution in [2.75, 3.05) is 18.1 Å². The SMILES string of the molecule is O=C(c1ccc(C2SCCS2)cc1)N(CCc1ccccc1)Cc1ccccc1. The van der Waals surface area contributed by atoms with Crippen molar-refractivity contribution >= 4 is 29.4 Å². The van der Waals surface area contributed by atoms with Crippen LogP contribution in [0.25, 0.3) is 0 Å². The molecule has 1 saturated heterocycles. The number of carbonyl (C=O) groups is 1. The van der Waals surface area contributed by atoms with Crippen molar-refractivity contribution in [1.82, 2.24) is 4.90 Å². The average Bonchev–Trinajstić information content (AvgIpc) is 3.33. The molecule has 3 aromatic carbocycles. The largest absolute Gasteiger partial charge is 0.334 e. The first-order valence-corrected chi connectivity index (χ1v) is 12.1. The second kappa shape index (κ2) is 10.0. The maximum atomic E-state index is 13.3. The van der Waals surface area contributed by atoms with Gasteiger partial charge < -0.3 is 4.90 Å². The van der Waals surface area contributed by atoms with Crippen LogP contribution in [0.5, 0.6) is 0 Å². The van der Waals surface area contributed by atoms with Crippen LogP contribution in [-0.2, 0) is 13.0 Å². The van der Waals surface area contributed by atoms with Crippen molar-refractivity contribution in [2.45, 2.75) is 17.5 Å². The number of benzene rings is 3. The minimum absolute atomic E-state index is 0.100. The standard InChI is InChI=1S/C25H25NOS2/c27-24(22-11-13-23(14-12-22)25-28-17-18-29-25)26(19-21-9-5-2-6-10-21)16-15-20-7-3-1-4-8-20/h1-14,25H,15-19H2. The molecule has 29 heavy (non-hydrogen) atoms. The number of carbonyl (C=O) groups excluding carboxylic acids is 1. The number of amides is 1. The van der Waals surface area contributed by atoms with E-state index in [1.54, 1.807) is 0 Å². The number of rotatable bonds is 7. The lowest BCUT2D eigenvalue weighted by Gasteiger charge is -2.23. The number of thioether (sulfide) groups is 2. The van der Waals surface area contributed by atoms with Crippen LogP contribution in [0.2, 0.25) is 0 Å². The molecule has 4 rings (SSSR count). The summed E-state index contributed by atoms with van der Waals surface area (Å²) in [4.78, 5) is 15.3. The summed E-state index contributed by atoms with van der Waals surface area (Å²) in [5.74, 6) is 2.52. The lowest BCUT2D eigenvalue weighted by Crippen LogP contribution is -2.32. The van der Waals surface area contributed by atoms with Crippen molar-refractivity contribution in [3.05, 3.63) is 107 Å². The Morgan fingerprint density at radius 2 is 1.38 bits per heavy atom. The highest BCUT2D eigenvalue weighted by Gasteiger charge is 2.20. The molecule has 0 aliphatic carbocycles. The lowest BCUT2D eigenvalue weighted by atomic mass is 10.1. The van der Waals surface area contributed by atoms with Crippen LogP contribution in [0.3, 0.4) is 0 Å². The van der Waals surface area contributed by atoms with Crippen LogP contribution in [0.4, 0.5) is 0 Å².